The molecule has 1 aromatic rings. The van der Waals surface area contributed by atoms with Gasteiger partial charge in [0.15, 0.2) is 0 Å². The summed E-state index contributed by atoms with van der Waals surface area (Å²) < 4.78 is 5.25. The highest BCUT2D eigenvalue weighted by Crippen LogP contribution is 2.29. The van der Waals surface area contributed by atoms with Crippen molar-refractivity contribution in [3.8, 4) is 0 Å². The third kappa shape index (κ3) is 4.19. The summed E-state index contributed by atoms with van der Waals surface area (Å²) in [7, 11) is 3.44. The second-order valence-electron chi connectivity index (χ2n) is 4.07. The van der Waals surface area contributed by atoms with Gasteiger partial charge in [-0.25, -0.2) is 0 Å². The summed E-state index contributed by atoms with van der Waals surface area (Å²) in [4.78, 5) is 13.9. The van der Waals surface area contributed by atoms with Gasteiger partial charge in [-0.05, 0) is 19.4 Å². The fourth-order valence-electron chi connectivity index (χ4n) is 1.39. The van der Waals surface area contributed by atoms with E-state index in [1.165, 1.54) is 16.2 Å². The lowest BCUT2D eigenvalue weighted by atomic mass is 10.3. The molecule has 1 aromatic heterocycles. The summed E-state index contributed by atoms with van der Waals surface area (Å²) in [6, 6.07) is 1.81. The van der Waals surface area contributed by atoms with E-state index in [1.807, 2.05) is 13.0 Å². The average molecular weight is 271 g/mol. The van der Waals surface area contributed by atoms with E-state index in [0.29, 0.717) is 10.6 Å². The van der Waals surface area contributed by atoms with Crippen molar-refractivity contribution < 1.29 is 9.53 Å². The van der Waals surface area contributed by atoms with Crippen molar-refractivity contribution in [3.05, 3.63) is 10.9 Å². The molecule has 0 aliphatic carbocycles. The summed E-state index contributed by atoms with van der Waals surface area (Å²) >= 11 is 1.39. The number of carbonyl (C=O) groups excluding carboxylic acids is 1. The fraction of sp³-hybridized carbons (Fsp3) is 0.583. The molecule has 6 heteroatoms. The molecule has 0 aliphatic heterocycles. The maximum Gasteiger partial charge on any atom is 0.265 e. The number of nitrogen functional groups attached to an aromatic ring is 1. The summed E-state index contributed by atoms with van der Waals surface area (Å²) in [5.41, 5.74) is 6.36. The van der Waals surface area contributed by atoms with E-state index in [0.717, 1.165) is 31.2 Å². The standard InChI is InChI=1S/C12H21N3O2S/c1-4-17-7-5-6-14-10-8-9(13)11(18-10)12(16)15(2)3/h8,14H,4-7,13H2,1-3H3. The molecule has 0 aliphatic rings. The van der Waals surface area contributed by atoms with Crippen molar-refractivity contribution in [1.29, 1.82) is 0 Å². The average Bonchev–Trinajstić information content (AvgIpc) is 2.69. The lowest BCUT2D eigenvalue weighted by Gasteiger charge is -2.08. The minimum atomic E-state index is -0.0557. The maximum absolute atomic E-state index is 11.8. The molecule has 0 saturated heterocycles. The highest BCUT2D eigenvalue weighted by Gasteiger charge is 2.15. The zero-order chi connectivity index (χ0) is 13.5. The summed E-state index contributed by atoms with van der Waals surface area (Å²) in [5, 5.41) is 4.17. The molecule has 3 N–H and O–H groups in total. The first-order valence-corrected chi connectivity index (χ1v) is 6.80. The van der Waals surface area contributed by atoms with Crippen LogP contribution >= 0.6 is 11.3 Å². The van der Waals surface area contributed by atoms with Crippen LogP contribution in [-0.2, 0) is 4.74 Å². The third-order valence-corrected chi connectivity index (χ3v) is 3.43. The molecule has 0 spiro atoms. The molecule has 0 unspecified atom stereocenters. The SMILES string of the molecule is CCOCCCNc1cc(N)c(C(=O)N(C)C)s1. The molecule has 1 rings (SSSR count). The predicted molar refractivity (Wildman–Crippen MR) is 76.3 cm³/mol. The number of nitrogens with two attached hydrogens (primary N) is 1. The van der Waals surface area contributed by atoms with Crippen molar-refractivity contribution in [2.24, 2.45) is 0 Å². The molecular formula is C12H21N3O2S. The number of nitrogens with one attached hydrogen (secondary N) is 1. The number of hydrogen-bond donors (Lipinski definition) is 2. The Labute approximate surface area is 112 Å². The van der Waals surface area contributed by atoms with Crippen molar-refractivity contribution in [1.82, 2.24) is 4.90 Å². The molecule has 102 valence electrons. The lowest BCUT2D eigenvalue weighted by Crippen LogP contribution is -2.21. The van der Waals surface area contributed by atoms with Crippen LogP contribution in [0.15, 0.2) is 6.07 Å². The largest absolute Gasteiger partial charge is 0.397 e. The zero-order valence-corrected chi connectivity index (χ0v) is 12.0. The number of rotatable bonds is 7. The topological polar surface area (TPSA) is 67.6 Å². The summed E-state index contributed by atoms with van der Waals surface area (Å²) in [6.07, 6.45) is 0.933. The van der Waals surface area contributed by atoms with Gasteiger partial charge in [0.05, 0.1) is 10.7 Å². The molecular weight excluding hydrogens is 250 g/mol. The van der Waals surface area contributed by atoms with Crippen LogP contribution in [0.25, 0.3) is 0 Å². The molecule has 0 saturated carbocycles. The Morgan fingerprint density at radius 3 is 2.89 bits per heavy atom. The monoisotopic (exact) mass is 271 g/mol. The predicted octanol–water partition coefficient (Wildman–Crippen LogP) is 1.87. The number of nitrogens with zero attached hydrogens (tertiary/aromatic N) is 1. The third-order valence-electron chi connectivity index (χ3n) is 2.33. The number of hydrogen-bond acceptors (Lipinski definition) is 5. The van der Waals surface area contributed by atoms with Crippen molar-refractivity contribution >= 4 is 27.9 Å². The van der Waals surface area contributed by atoms with Gasteiger partial charge in [0.2, 0.25) is 0 Å². The first-order valence-electron chi connectivity index (χ1n) is 5.98. The highest BCUT2D eigenvalue weighted by atomic mass is 32.1. The van der Waals surface area contributed by atoms with Crippen molar-refractivity contribution in [3.63, 3.8) is 0 Å². The Bertz CT molecular complexity index is 391. The number of anilines is 2. The van der Waals surface area contributed by atoms with E-state index in [2.05, 4.69) is 5.32 Å². The van der Waals surface area contributed by atoms with Gasteiger partial charge in [-0.2, -0.15) is 0 Å². The number of thiophene rings is 1. The molecule has 1 heterocycles. The quantitative estimate of drug-likeness (QED) is 0.743. The fourth-order valence-corrected chi connectivity index (χ4v) is 2.42. The molecule has 0 fully saturated rings. The molecule has 0 aromatic carbocycles. The summed E-state index contributed by atoms with van der Waals surface area (Å²) in [5.74, 6) is -0.0557. The molecule has 0 atom stereocenters. The van der Waals surface area contributed by atoms with E-state index >= 15 is 0 Å². The number of carbonyl (C=O) groups is 1. The van der Waals surface area contributed by atoms with Crippen LogP contribution in [0.4, 0.5) is 10.7 Å². The van der Waals surface area contributed by atoms with Crippen molar-refractivity contribution in [2.45, 2.75) is 13.3 Å². The Hall–Kier alpha value is -1.27. The van der Waals surface area contributed by atoms with Crippen LogP contribution < -0.4 is 11.1 Å². The first-order chi connectivity index (χ1) is 8.56. The van der Waals surface area contributed by atoms with Gasteiger partial charge in [-0.1, -0.05) is 0 Å². The van der Waals surface area contributed by atoms with Crippen LogP contribution in [0, 0.1) is 0 Å². The smallest absolute Gasteiger partial charge is 0.265 e. The Morgan fingerprint density at radius 1 is 1.56 bits per heavy atom. The van der Waals surface area contributed by atoms with E-state index in [1.54, 1.807) is 14.1 Å². The van der Waals surface area contributed by atoms with Crippen LogP contribution in [0.3, 0.4) is 0 Å². The summed E-state index contributed by atoms with van der Waals surface area (Å²) in [6.45, 7) is 4.28. The van der Waals surface area contributed by atoms with Crippen LogP contribution in [0.1, 0.15) is 23.0 Å². The zero-order valence-electron chi connectivity index (χ0n) is 11.2. The van der Waals surface area contributed by atoms with Gasteiger partial charge in [-0.3, -0.25) is 4.79 Å². The van der Waals surface area contributed by atoms with E-state index in [4.69, 9.17) is 10.5 Å². The molecule has 1 amide bonds. The van der Waals surface area contributed by atoms with Gasteiger partial charge < -0.3 is 20.7 Å². The Balaban J connectivity index is 2.49. The van der Waals surface area contributed by atoms with Crippen LogP contribution in [0.5, 0.6) is 0 Å². The molecule has 0 radical (unpaired) electrons. The van der Waals surface area contributed by atoms with Gasteiger partial charge in [0.25, 0.3) is 5.91 Å². The van der Waals surface area contributed by atoms with Crippen LogP contribution in [0.2, 0.25) is 0 Å². The lowest BCUT2D eigenvalue weighted by molar-refractivity contribution is 0.0833. The Kier molecular flexibility index (Phi) is 5.94. The second kappa shape index (κ2) is 7.23. The molecule has 5 nitrogen and oxygen atoms in total. The first kappa shape index (κ1) is 14.8. The van der Waals surface area contributed by atoms with Gasteiger partial charge in [-0.15, -0.1) is 11.3 Å². The minimum absolute atomic E-state index is 0.0557. The normalized spacial score (nSPS) is 10.4. The van der Waals surface area contributed by atoms with E-state index < -0.39 is 0 Å². The maximum atomic E-state index is 11.8. The van der Waals surface area contributed by atoms with Crippen LogP contribution in [-0.4, -0.2) is 44.7 Å². The van der Waals surface area contributed by atoms with E-state index in [9.17, 15) is 4.79 Å². The number of ether oxygens (including phenoxy) is 1. The molecule has 18 heavy (non-hydrogen) atoms. The number of amides is 1. The van der Waals surface area contributed by atoms with Crippen molar-refractivity contribution in [2.75, 3.05) is 44.9 Å². The van der Waals surface area contributed by atoms with Gasteiger partial charge >= 0.3 is 0 Å². The highest BCUT2D eigenvalue weighted by molar-refractivity contribution is 7.18. The van der Waals surface area contributed by atoms with Gasteiger partial charge in [0.1, 0.15) is 4.88 Å². The van der Waals surface area contributed by atoms with Gasteiger partial charge in [0, 0.05) is 33.9 Å². The van der Waals surface area contributed by atoms with E-state index in [-0.39, 0.29) is 5.91 Å². The molecule has 0 bridgehead atoms. The second-order valence-corrected chi connectivity index (χ2v) is 5.12. The Morgan fingerprint density at radius 2 is 2.28 bits per heavy atom. The minimum Gasteiger partial charge on any atom is -0.397 e.